The second-order valence-electron chi connectivity index (χ2n) is 4.67. The summed E-state index contributed by atoms with van der Waals surface area (Å²) in [6, 6.07) is 0. The topological polar surface area (TPSA) is 102 Å². The summed E-state index contributed by atoms with van der Waals surface area (Å²) < 4.78 is 10.1. The van der Waals surface area contributed by atoms with Crippen molar-refractivity contribution < 1.29 is 23.8 Å². The molecule has 0 saturated carbocycles. The Labute approximate surface area is 104 Å². The van der Waals surface area contributed by atoms with Crippen LogP contribution < -0.4 is 5.32 Å². The number of aromatic carboxylic acids is 1. The Morgan fingerprint density at radius 3 is 2.56 bits per heavy atom. The lowest BCUT2D eigenvalue weighted by atomic mass is 10.2. The Bertz CT molecular complexity index is 458. The van der Waals surface area contributed by atoms with E-state index >= 15 is 0 Å². The number of oxazole rings is 1. The third-order valence-electron chi connectivity index (χ3n) is 1.80. The highest BCUT2D eigenvalue weighted by molar-refractivity contribution is 5.86. The van der Waals surface area contributed by atoms with Crippen LogP contribution in [0.25, 0.3) is 0 Å². The Balaban J connectivity index is 2.64. The summed E-state index contributed by atoms with van der Waals surface area (Å²) in [5, 5.41) is 11.3. The molecule has 7 heteroatoms. The number of aryl methyl sites for hydroxylation is 1. The van der Waals surface area contributed by atoms with Gasteiger partial charge in [0.15, 0.2) is 17.3 Å². The predicted molar refractivity (Wildman–Crippen MR) is 61.3 cm³/mol. The maximum Gasteiger partial charge on any atom is 0.408 e. The minimum atomic E-state index is -1.20. The van der Waals surface area contributed by atoms with Gasteiger partial charge < -0.3 is 19.6 Å². The van der Waals surface area contributed by atoms with Gasteiger partial charge in [-0.15, -0.1) is 0 Å². The molecule has 0 radical (unpaired) electrons. The molecule has 0 aliphatic heterocycles. The van der Waals surface area contributed by atoms with Crippen molar-refractivity contribution in [1.29, 1.82) is 0 Å². The fourth-order valence-corrected chi connectivity index (χ4v) is 1.22. The van der Waals surface area contributed by atoms with Crippen LogP contribution in [0.3, 0.4) is 0 Å². The number of carbonyl (C=O) groups excluding carboxylic acids is 1. The highest BCUT2D eigenvalue weighted by Gasteiger charge is 2.20. The van der Waals surface area contributed by atoms with Crippen molar-refractivity contribution in [2.45, 2.75) is 39.8 Å². The van der Waals surface area contributed by atoms with Crippen LogP contribution in [0.1, 0.15) is 42.9 Å². The smallest absolute Gasteiger partial charge is 0.408 e. The van der Waals surface area contributed by atoms with E-state index in [1.54, 1.807) is 20.8 Å². The fraction of sp³-hybridized carbons (Fsp3) is 0.545. The Kier molecular flexibility index (Phi) is 3.95. The molecule has 0 bridgehead atoms. The zero-order valence-corrected chi connectivity index (χ0v) is 10.7. The van der Waals surface area contributed by atoms with Gasteiger partial charge in [0, 0.05) is 6.92 Å². The molecule has 0 atom stereocenters. The number of carboxylic acids is 1. The van der Waals surface area contributed by atoms with Gasteiger partial charge in [0.1, 0.15) is 5.60 Å². The van der Waals surface area contributed by atoms with Crippen molar-refractivity contribution in [1.82, 2.24) is 10.3 Å². The molecule has 0 aliphatic rings. The fourth-order valence-electron chi connectivity index (χ4n) is 1.22. The van der Waals surface area contributed by atoms with Gasteiger partial charge in [0.05, 0.1) is 6.54 Å². The number of hydrogen-bond acceptors (Lipinski definition) is 5. The van der Waals surface area contributed by atoms with E-state index in [0.29, 0.717) is 0 Å². The van der Waals surface area contributed by atoms with Gasteiger partial charge in [-0.05, 0) is 20.8 Å². The Morgan fingerprint density at radius 1 is 1.44 bits per heavy atom. The summed E-state index contributed by atoms with van der Waals surface area (Å²) in [7, 11) is 0. The molecule has 2 N–H and O–H groups in total. The van der Waals surface area contributed by atoms with E-state index in [-0.39, 0.29) is 23.9 Å². The van der Waals surface area contributed by atoms with Crippen molar-refractivity contribution in [2.24, 2.45) is 0 Å². The number of alkyl carbamates (subject to hydrolysis) is 1. The molecule has 18 heavy (non-hydrogen) atoms. The van der Waals surface area contributed by atoms with Gasteiger partial charge >= 0.3 is 12.1 Å². The molecule has 1 rings (SSSR count). The first-order valence-electron chi connectivity index (χ1n) is 5.35. The lowest BCUT2D eigenvalue weighted by Crippen LogP contribution is -2.32. The van der Waals surface area contributed by atoms with Gasteiger partial charge in [-0.2, -0.15) is 0 Å². The average Bonchev–Trinajstić information content (AvgIpc) is 2.54. The standard InChI is InChI=1S/C11H16N2O5/c1-6-13-8(9(14)15)7(17-6)5-12-10(16)18-11(2,3)4/h5H2,1-4H3,(H,12,16)(H,14,15). The second kappa shape index (κ2) is 5.07. The zero-order chi connectivity index (χ0) is 13.9. The van der Waals surface area contributed by atoms with E-state index in [1.807, 2.05) is 0 Å². The van der Waals surface area contributed by atoms with Gasteiger partial charge in [-0.3, -0.25) is 0 Å². The number of carbonyl (C=O) groups is 2. The number of hydrogen-bond donors (Lipinski definition) is 2. The monoisotopic (exact) mass is 256 g/mol. The first kappa shape index (κ1) is 14.0. The SMILES string of the molecule is Cc1nc(C(=O)O)c(CNC(=O)OC(C)(C)C)o1. The minimum absolute atomic E-state index is 0.0859. The van der Waals surface area contributed by atoms with Gasteiger partial charge in [-0.1, -0.05) is 0 Å². The molecule has 0 aliphatic carbocycles. The number of ether oxygens (including phenoxy) is 1. The van der Waals surface area contributed by atoms with E-state index in [2.05, 4.69) is 10.3 Å². The van der Waals surface area contributed by atoms with Crippen LogP contribution in [-0.2, 0) is 11.3 Å². The van der Waals surface area contributed by atoms with Crippen LogP contribution in [0.15, 0.2) is 4.42 Å². The number of carboxylic acid groups (broad SMARTS) is 1. The first-order valence-corrected chi connectivity index (χ1v) is 5.35. The molecule has 7 nitrogen and oxygen atoms in total. The summed E-state index contributed by atoms with van der Waals surface area (Å²) in [5.74, 6) is -0.882. The van der Waals surface area contributed by atoms with Crippen molar-refractivity contribution in [3.05, 3.63) is 17.3 Å². The lowest BCUT2D eigenvalue weighted by Gasteiger charge is -2.19. The molecule has 0 unspecified atom stereocenters. The lowest BCUT2D eigenvalue weighted by molar-refractivity contribution is 0.0516. The summed E-state index contributed by atoms with van der Waals surface area (Å²) in [6.45, 7) is 6.64. The van der Waals surface area contributed by atoms with Crippen LogP contribution in [0, 0.1) is 6.92 Å². The molecule has 100 valence electrons. The molecule has 0 spiro atoms. The first-order chi connectivity index (χ1) is 8.19. The number of nitrogens with zero attached hydrogens (tertiary/aromatic N) is 1. The van der Waals surface area contributed by atoms with E-state index in [0.717, 1.165) is 0 Å². The quantitative estimate of drug-likeness (QED) is 0.853. The summed E-state index contributed by atoms with van der Waals surface area (Å²) >= 11 is 0. The number of amides is 1. The molecule has 1 amide bonds. The maximum atomic E-state index is 11.4. The van der Waals surface area contributed by atoms with E-state index in [4.69, 9.17) is 14.3 Å². The molecular formula is C11H16N2O5. The molecule has 1 aromatic rings. The zero-order valence-electron chi connectivity index (χ0n) is 10.7. The average molecular weight is 256 g/mol. The van der Waals surface area contributed by atoms with Crippen molar-refractivity contribution >= 4 is 12.1 Å². The maximum absolute atomic E-state index is 11.4. The molecule has 0 aromatic carbocycles. The summed E-state index contributed by atoms with van der Waals surface area (Å²) in [4.78, 5) is 25.9. The number of rotatable bonds is 3. The number of nitrogens with one attached hydrogen (secondary N) is 1. The highest BCUT2D eigenvalue weighted by atomic mass is 16.6. The largest absolute Gasteiger partial charge is 0.476 e. The second-order valence-corrected chi connectivity index (χ2v) is 4.67. The van der Waals surface area contributed by atoms with Crippen molar-refractivity contribution in [2.75, 3.05) is 0 Å². The van der Waals surface area contributed by atoms with Crippen LogP contribution in [0.5, 0.6) is 0 Å². The van der Waals surface area contributed by atoms with Crippen LogP contribution in [0.2, 0.25) is 0 Å². The van der Waals surface area contributed by atoms with Gasteiger partial charge in [0.2, 0.25) is 0 Å². The van der Waals surface area contributed by atoms with Gasteiger partial charge in [-0.25, -0.2) is 14.6 Å². The molecular weight excluding hydrogens is 240 g/mol. The molecule has 0 fully saturated rings. The van der Waals surface area contributed by atoms with Gasteiger partial charge in [0.25, 0.3) is 0 Å². The molecule has 0 saturated heterocycles. The van der Waals surface area contributed by atoms with E-state index < -0.39 is 17.7 Å². The summed E-state index contributed by atoms with van der Waals surface area (Å²) in [5.41, 5.74) is -0.819. The van der Waals surface area contributed by atoms with E-state index in [9.17, 15) is 9.59 Å². The Hall–Kier alpha value is -2.05. The van der Waals surface area contributed by atoms with E-state index in [1.165, 1.54) is 6.92 Å². The molecule has 1 aromatic heterocycles. The number of aromatic nitrogens is 1. The molecule has 1 heterocycles. The van der Waals surface area contributed by atoms with Crippen LogP contribution in [-0.4, -0.2) is 27.8 Å². The van der Waals surface area contributed by atoms with Crippen LogP contribution >= 0.6 is 0 Å². The predicted octanol–water partition coefficient (Wildman–Crippen LogP) is 1.71. The highest BCUT2D eigenvalue weighted by Crippen LogP contribution is 2.11. The van der Waals surface area contributed by atoms with Crippen molar-refractivity contribution in [3.63, 3.8) is 0 Å². The van der Waals surface area contributed by atoms with Crippen LogP contribution in [0.4, 0.5) is 4.79 Å². The minimum Gasteiger partial charge on any atom is -0.476 e. The third kappa shape index (κ3) is 4.08. The Morgan fingerprint density at radius 2 is 2.06 bits per heavy atom. The summed E-state index contributed by atoms with van der Waals surface area (Å²) in [6.07, 6.45) is -0.645. The normalized spacial score (nSPS) is 11.1. The third-order valence-corrected chi connectivity index (χ3v) is 1.80. The van der Waals surface area contributed by atoms with Crippen molar-refractivity contribution in [3.8, 4) is 0 Å².